The summed E-state index contributed by atoms with van der Waals surface area (Å²) in [6.07, 6.45) is 1.72. The minimum Gasteiger partial charge on any atom is -0.352 e. The van der Waals surface area contributed by atoms with E-state index in [2.05, 4.69) is 10.6 Å². The van der Waals surface area contributed by atoms with E-state index in [0.717, 1.165) is 29.0 Å². The molecule has 1 aliphatic rings. The highest BCUT2D eigenvalue weighted by Gasteiger charge is 2.16. The lowest BCUT2D eigenvalue weighted by molar-refractivity contribution is -0.125. The number of nitrogens with one attached hydrogen (secondary N) is 2. The highest BCUT2D eigenvalue weighted by molar-refractivity contribution is 8.00. The van der Waals surface area contributed by atoms with Gasteiger partial charge in [0.05, 0.1) is 11.4 Å². The van der Waals surface area contributed by atoms with Crippen molar-refractivity contribution >= 4 is 29.3 Å². The minimum absolute atomic E-state index is 0.0284. The van der Waals surface area contributed by atoms with Crippen LogP contribution in [0.3, 0.4) is 0 Å². The zero-order chi connectivity index (χ0) is 14.5. The Bertz CT molecular complexity index is 513. The molecule has 4 nitrogen and oxygen atoms in total. The van der Waals surface area contributed by atoms with Crippen LogP contribution in [0.25, 0.3) is 0 Å². The number of thioether (sulfide) groups is 1. The van der Waals surface area contributed by atoms with Crippen molar-refractivity contribution in [3.05, 3.63) is 23.8 Å². The fourth-order valence-electron chi connectivity index (χ4n) is 2.23. The van der Waals surface area contributed by atoms with Gasteiger partial charge in [-0.1, -0.05) is 19.9 Å². The largest absolute Gasteiger partial charge is 0.352 e. The van der Waals surface area contributed by atoms with Gasteiger partial charge >= 0.3 is 0 Å². The molecule has 2 rings (SSSR count). The van der Waals surface area contributed by atoms with Crippen molar-refractivity contribution in [3.8, 4) is 0 Å². The van der Waals surface area contributed by atoms with E-state index in [1.165, 1.54) is 0 Å². The summed E-state index contributed by atoms with van der Waals surface area (Å²) < 4.78 is 0. The molecule has 108 valence electrons. The molecule has 0 aliphatic carbocycles. The van der Waals surface area contributed by atoms with E-state index in [-0.39, 0.29) is 17.7 Å². The van der Waals surface area contributed by atoms with Crippen molar-refractivity contribution in [1.82, 2.24) is 5.32 Å². The first-order valence-corrected chi connectivity index (χ1v) is 7.95. The minimum atomic E-state index is 0.0284. The molecule has 0 saturated carbocycles. The summed E-state index contributed by atoms with van der Waals surface area (Å²) >= 11 is 1.54. The number of anilines is 1. The number of fused-ring (bicyclic) bond motifs is 1. The van der Waals surface area contributed by atoms with Crippen LogP contribution in [-0.2, 0) is 16.1 Å². The molecule has 1 heterocycles. The van der Waals surface area contributed by atoms with Gasteiger partial charge in [0.1, 0.15) is 0 Å². The van der Waals surface area contributed by atoms with Gasteiger partial charge in [0.2, 0.25) is 11.8 Å². The maximum absolute atomic E-state index is 11.9. The van der Waals surface area contributed by atoms with E-state index in [0.29, 0.717) is 12.3 Å². The average molecular weight is 292 g/mol. The van der Waals surface area contributed by atoms with E-state index in [1.54, 1.807) is 11.8 Å². The van der Waals surface area contributed by atoms with Crippen LogP contribution in [0.2, 0.25) is 0 Å². The predicted octanol–water partition coefficient (Wildman–Crippen LogP) is 2.78. The molecule has 0 unspecified atom stereocenters. The van der Waals surface area contributed by atoms with Crippen LogP contribution in [-0.4, -0.2) is 17.6 Å². The molecule has 1 aromatic carbocycles. The van der Waals surface area contributed by atoms with E-state index >= 15 is 0 Å². The highest BCUT2D eigenvalue weighted by atomic mass is 32.2. The van der Waals surface area contributed by atoms with Crippen LogP contribution < -0.4 is 10.6 Å². The van der Waals surface area contributed by atoms with Crippen molar-refractivity contribution in [1.29, 1.82) is 0 Å². The molecule has 1 aromatic rings. The number of amides is 2. The zero-order valence-corrected chi connectivity index (χ0v) is 12.7. The Morgan fingerprint density at radius 3 is 2.85 bits per heavy atom. The Hall–Kier alpha value is -1.49. The third kappa shape index (κ3) is 3.54. The Balaban J connectivity index is 1.99. The summed E-state index contributed by atoms with van der Waals surface area (Å²) in [4.78, 5) is 24.4. The van der Waals surface area contributed by atoms with Crippen molar-refractivity contribution in [2.75, 3.05) is 11.1 Å². The second-order valence-electron chi connectivity index (χ2n) is 4.90. The monoisotopic (exact) mass is 292 g/mol. The van der Waals surface area contributed by atoms with E-state index < -0.39 is 0 Å². The van der Waals surface area contributed by atoms with Gasteiger partial charge in [-0.25, -0.2) is 0 Å². The van der Waals surface area contributed by atoms with E-state index in [1.807, 2.05) is 32.0 Å². The van der Waals surface area contributed by atoms with Crippen LogP contribution >= 0.6 is 11.8 Å². The molecular formula is C15H20N2O2S. The molecule has 0 bridgehead atoms. The van der Waals surface area contributed by atoms with Crippen LogP contribution in [0.5, 0.6) is 0 Å². The molecule has 0 radical (unpaired) electrons. The van der Waals surface area contributed by atoms with Crippen molar-refractivity contribution in [2.45, 2.75) is 38.1 Å². The van der Waals surface area contributed by atoms with Crippen LogP contribution in [0.1, 0.15) is 32.3 Å². The zero-order valence-electron chi connectivity index (χ0n) is 11.9. The Morgan fingerprint density at radius 1 is 1.40 bits per heavy atom. The first kappa shape index (κ1) is 14.9. The Morgan fingerprint density at radius 2 is 2.15 bits per heavy atom. The fraction of sp³-hybridized carbons (Fsp3) is 0.467. The SMILES string of the molecule is CCC(CC)C(=O)NCc1ccc2c(c1)NC(=O)CS2. The van der Waals surface area contributed by atoms with Crippen molar-refractivity contribution in [2.24, 2.45) is 5.92 Å². The Labute approximate surface area is 123 Å². The molecule has 20 heavy (non-hydrogen) atoms. The number of hydrogen-bond donors (Lipinski definition) is 2. The van der Waals surface area contributed by atoms with Crippen LogP contribution in [0.4, 0.5) is 5.69 Å². The summed E-state index contributed by atoms with van der Waals surface area (Å²) in [5.74, 6) is 0.687. The molecule has 0 spiro atoms. The predicted molar refractivity (Wildman–Crippen MR) is 81.7 cm³/mol. The summed E-state index contributed by atoms with van der Waals surface area (Å²) in [6, 6.07) is 5.93. The second-order valence-corrected chi connectivity index (χ2v) is 5.92. The molecule has 0 aromatic heterocycles. The molecular weight excluding hydrogens is 272 g/mol. The number of benzene rings is 1. The van der Waals surface area contributed by atoms with Gasteiger partial charge in [-0.2, -0.15) is 0 Å². The first-order chi connectivity index (χ1) is 9.63. The number of carbonyl (C=O) groups is 2. The lowest BCUT2D eigenvalue weighted by Crippen LogP contribution is -2.29. The molecule has 0 fully saturated rings. The van der Waals surface area contributed by atoms with Gasteiger partial charge in [0.25, 0.3) is 0 Å². The number of hydrogen-bond acceptors (Lipinski definition) is 3. The second kappa shape index (κ2) is 6.79. The average Bonchev–Trinajstić information content (AvgIpc) is 2.46. The standard InChI is InChI=1S/C15H20N2O2S/c1-3-11(4-2)15(19)16-8-10-5-6-13-12(7-10)17-14(18)9-20-13/h5-7,11H,3-4,8-9H2,1-2H3,(H,16,19)(H,17,18). The van der Waals surface area contributed by atoms with Gasteiger partial charge in [0, 0.05) is 17.4 Å². The number of carbonyl (C=O) groups excluding carboxylic acids is 2. The molecule has 2 amide bonds. The van der Waals surface area contributed by atoms with E-state index in [4.69, 9.17) is 0 Å². The van der Waals surface area contributed by atoms with Crippen LogP contribution in [0.15, 0.2) is 23.1 Å². The summed E-state index contributed by atoms with van der Waals surface area (Å²) in [6.45, 7) is 4.56. The van der Waals surface area contributed by atoms with Crippen LogP contribution in [0, 0.1) is 5.92 Å². The fourth-order valence-corrected chi connectivity index (χ4v) is 3.02. The first-order valence-electron chi connectivity index (χ1n) is 6.97. The third-order valence-corrected chi connectivity index (χ3v) is 4.57. The Kier molecular flexibility index (Phi) is 5.06. The molecule has 2 N–H and O–H groups in total. The van der Waals surface area contributed by atoms with Gasteiger partial charge in [0.15, 0.2) is 0 Å². The van der Waals surface area contributed by atoms with E-state index in [9.17, 15) is 9.59 Å². The van der Waals surface area contributed by atoms with Gasteiger partial charge < -0.3 is 10.6 Å². The molecule has 1 aliphatic heterocycles. The molecule has 5 heteroatoms. The van der Waals surface area contributed by atoms with Gasteiger partial charge in [-0.3, -0.25) is 9.59 Å². The van der Waals surface area contributed by atoms with Crippen molar-refractivity contribution in [3.63, 3.8) is 0 Å². The van der Waals surface area contributed by atoms with Crippen molar-refractivity contribution < 1.29 is 9.59 Å². The maximum atomic E-state index is 11.9. The maximum Gasteiger partial charge on any atom is 0.234 e. The normalized spacial score (nSPS) is 13.8. The lowest BCUT2D eigenvalue weighted by atomic mass is 10.0. The topological polar surface area (TPSA) is 58.2 Å². The number of rotatable bonds is 5. The smallest absolute Gasteiger partial charge is 0.234 e. The highest BCUT2D eigenvalue weighted by Crippen LogP contribution is 2.31. The van der Waals surface area contributed by atoms with Gasteiger partial charge in [-0.05, 0) is 30.5 Å². The summed E-state index contributed by atoms with van der Waals surface area (Å²) in [5.41, 5.74) is 1.85. The quantitative estimate of drug-likeness (QED) is 0.877. The summed E-state index contributed by atoms with van der Waals surface area (Å²) in [5, 5.41) is 5.82. The lowest BCUT2D eigenvalue weighted by Gasteiger charge is -2.18. The third-order valence-electron chi connectivity index (χ3n) is 3.50. The molecule has 0 saturated heterocycles. The van der Waals surface area contributed by atoms with Gasteiger partial charge in [-0.15, -0.1) is 11.8 Å². The summed E-state index contributed by atoms with van der Waals surface area (Å²) in [7, 11) is 0. The molecule has 0 atom stereocenters.